The summed E-state index contributed by atoms with van der Waals surface area (Å²) < 4.78 is 4.77. The van der Waals surface area contributed by atoms with Crippen LogP contribution < -0.4 is 5.32 Å². The van der Waals surface area contributed by atoms with Crippen LogP contribution in [0.15, 0.2) is 24.3 Å². The molecule has 4 amide bonds. The van der Waals surface area contributed by atoms with Crippen molar-refractivity contribution in [3.8, 4) is 0 Å². The van der Waals surface area contributed by atoms with Gasteiger partial charge < -0.3 is 15.0 Å². The minimum absolute atomic E-state index is 0.0981. The number of Topliss-reactive ketones (excluding diaryl/α,β-unsaturated/α-hetero) is 1. The maximum atomic E-state index is 11.8. The number of urea groups is 1. The first kappa shape index (κ1) is 18.1. The van der Waals surface area contributed by atoms with Gasteiger partial charge in [0, 0.05) is 18.3 Å². The molecule has 0 radical (unpaired) electrons. The number of amides is 4. The van der Waals surface area contributed by atoms with Gasteiger partial charge in [0.25, 0.3) is 11.8 Å². The van der Waals surface area contributed by atoms with Gasteiger partial charge >= 0.3 is 12.0 Å². The van der Waals surface area contributed by atoms with Gasteiger partial charge in [-0.15, -0.1) is 0 Å². The smallest absolute Gasteiger partial charge is 0.327 e. The molecule has 9 nitrogen and oxygen atoms in total. The summed E-state index contributed by atoms with van der Waals surface area (Å²) in [5.41, 5.74) is 0.824. The first-order chi connectivity index (χ1) is 11.8. The molecule has 0 aromatic heterocycles. The Bertz CT molecular complexity index is 745. The van der Waals surface area contributed by atoms with E-state index in [4.69, 9.17) is 4.74 Å². The highest BCUT2D eigenvalue weighted by Gasteiger charge is 2.35. The maximum absolute atomic E-state index is 11.8. The number of nitrogens with one attached hydrogen (secondary N) is 1. The highest BCUT2D eigenvalue weighted by molar-refractivity contribution is 6.04. The van der Waals surface area contributed by atoms with Crippen molar-refractivity contribution >= 4 is 35.3 Å². The van der Waals surface area contributed by atoms with E-state index in [0.29, 0.717) is 11.3 Å². The number of likely N-dealkylation sites (N-methyl/N-ethyl adjacent to an activating group) is 1. The molecule has 0 spiro atoms. The second-order valence-corrected chi connectivity index (χ2v) is 5.46. The van der Waals surface area contributed by atoms with Crippen LogP contribution in [0.5, 0.6) is 0 Å². The van der Waals surface area contributed by atoms with Crippen LogP contribution in [0.3, 0.4) is 0 Å². The van der Waals surface area contributed by atoms with Gasteiger partial charge in [0.2, 0.25) is 0 Å². The predicted octanol–water partition coefficient (Wildman–Crippen LogP) is 0.265. The second kappa shape index (κ2) is 7.56. The summed E-state index contributed by atoms with van der Waals surface area (Å²) in [6.45, 7) is 0.185. The number of hydrogen-bond acceptors (Lipinski definition) is 6. The van der Waals surface area contributed by atoms with Crippen molar-refractivity contribution in [3.63, 3.8) is 0 Å². The molecule has 1 aliphatic heterocycles. The number of benzene rings is 1. The van der Waals surface area contributed by atoms with Crippen molar-refractivity contribution in [2.24, 2.45) is 0 Å². The van der Waals surface area contributed by atoms with E-state index in [9.17, 15) is 24.0 Å². The fraction of sp³-hybridized carbons (Fsp3) is 0.312. The Morgan fingerprint density at radius 1 is 1.24 bits per heavy atom. The molecule has 1 aliphatic rings. The fourth-order valence-corrected chi connectivity index (χ4v) is 2.16. The van der Waals surface area contributed by atoms with Crippen LogP contribution in [-0.4, -0.2) is 66.1 Å². The molecule has 9 heteroatoms. The van der Waals surface area contributed by atoms with Crippen molar-refractivity contribution in [3.05, 3.63) is 29.8 Å². The van der Waals surface area contributed by atoms with Crippen molar-refractivity contribution in [1.82, 2.24) is 9.80 Å². The molecule has 0 saturated carbocycles. The molecular formula is C16H17N3O6. The Morgan fingerprint density at radius 3 is 2.56 bits per heavy atom. The average Bonchev–Trinajstić information content (AvgIpc) is 2.79. The van der Waals surface area contributed by atoms with Crippen LogP contribution in [0.2, 0.25) is 0 Å². The molecule has 0 unspecified atom stereocenters. The number of rotatable bonds is 6. The van der Waals surface area contributed by atoms with Crippen LogP contribution in [0.1, 0.15) is 17.3 Å². The summed E-state index contributed by atoms with van der Waals surface area (Å²) in [5, 5.41) is 2.49. The zero-order valence-corrected chi connectivity index (χ0v) is 13.8. The van der Waals surface area contributed by atoms with Crippen molar-refractivity contribution < 1.29 is 28.7 Å². The Balaban J connectivity index is 1.83. The lowest BCUT2D eigenvalue weighted by molar-refractivity contribution is -0.149. The lowest BCUT2D eigenvalue weighted by Crippen LogP contribution is -2.37. The number of hydrogen-bond donors (Lipinski definition) is 1. The van der Waals surface area contributed by atoms with Crippen LogP contribution in [0.4, 0.5) is 10.5 Å². The van der Waals surface area contributed by atoms with E-state index in [1.807, 2.05) is 0 Å². The number of carbonyl (C=O) groups is 5. The number of ether oxygens (including phenoxy) is 1. The first-order valence-electron chi connectivity index (χ1n) is 7.40. The van der Waals surface area contributed by atoms with Crippen LogP contribution in [0, 0.1) is 0 Å². The van der Waals surface area contributed by atoms with Crippen molar-refractivity contribution in [1.29, 1.82) is 0 Å². The van der Waals surface area contributed by atoms with E-state index in [1.165, 1.54) is 24.9 Å². The molecule has 0 bridgehead atoms. The SMILES string of the molecule is CC(=O)c1cccc(NC(=O)COC(=O)CN2C(=O)CN(C)C2=O)c1. The van der Waals surface area contributed by atoms with Gasteiger partial charge in [0.15, 0.2) is 12.4 Å². The predicted molar refractivity (Wildman–Crippen MR) is 85.8 cm³/mol. The molecule has 1 aromatic rings. The molecule has 1 saturated heterocycles. The third-order valence-corrected chi connectivity index (χ3v) is 3.44. The third kappa shape index (κ3) is 4.63. The first-order valence-corrected chi connectivity index (χ1v) is 7.40. The maximum Gasteiger partial charge on any atom is 0.327 e. The second-order valence-electron chi connectivity index (χ2n) is 5.46. The number of anilines is 1. The molecule has 25 heavy (non-hydrogen) atoms. The summed E-state index contributed by atoms with van der Waals surface area (Å²) in [7, 11) is 1.44. The van der Waals surface area contributed by atoms with Gasteiger partial charge in [-0.1, -0.05) is 12.1 Å². The van der Waals surface area contributed by atoms with Crippen molar-refractivity contribution in [2.45, 2.75) is 6.92 Å². The minimum atomic E-state index is -0.871. The standard InChI is InChI=1S/C16H17N3O6/c1-10(20)11-4-3-5-12(6-11)17-13(21)9-25-15(23)8-19-14(22)7-18(2)16(19)24/h3-6H,7-9H2,1-2H3,(H,17,21). The number of carbonyl (C=O) groups excluding carboxylic acids is 5. The molecular weight excluding hydrogens is 330 g/mol. The van der Waals surface area contributed by atoms with Gasteiger partial charge in [0.1, 0.15) is 13.1 Å². The summed E-state index contributed by atoms with van der Waals surface area (Å²) in [6.07, 6.45) is 0. The molecule has 0 atom stereocenters. The third-order valence-electron chi connectivity index (χ3n) is 3.44. The molecule has 132 valence electrons. The normalized spacial score (nSPS) is 13.8. The Hall–Kier alpha value is -3.23. The molecule has 1 heterocycles. The number of nitrogens with zero attached hydrogens (tertiary/aromatic N) is 2. The topological polar surface area (TPSA) is 113 Å². The Labute approximate surface area is 143 Å². The highest BCUT2D eigenvalue weighted by Crippen LogP contribution is 2.11. The lowest BCUT2D eigenvalue weighted by atomic mass is 10.1. The zero-order chi connectivity index (χ0) is 18.6. The minimum Gasteiger partial charge on any atom is -0.454 e. The van der Waals surface area contributed by atoms with Crippen LogP contribution >= 0.6 is 0 Å². The summed E-state index contributed by atoms with van der Waals surface area (Å²) >= 11 is 0. The van der Waals surface area contributed by atoms with Gasteiger partial charge in [0.05, 0.1) is 0 Å². The van der Waals surface area contributed by atoms with Crippen LogP contribution in [0.25, 0.3) is 0 Å². The van der Waals surface area contributed by atoms with Crippen LogP contribution in [-0.2, 0) is 19.1 Å². The van der Waals surface area contributed by atoms with E-state index in [1.54, 1.807) is 18.2 Å². The number of ketones is 1. The largest absolute Gasteiger partial charge is 0.454 e. The lowest BCUT2D eigenvalue weighted by Gasteiger charge is -2.13. The molecule has 0 aliphatic carbocycles. The monoisotopic (exact) mass is 347 g/mol. The van der Waals surface area contributed by atoms with E-state index in [2.05, 4.69) is 5.32 Å². The van der Waals surface area contributed by atoms with Crippen molar-refractivity contribution in [2.75, 3.05) is 32.1 Å². The highest BCUT2D eigenvalue weighted by atomic mass is 16.5. The zero-order valence-electron chi connectivity index (χ0n) is 13.8. The van der Waals surface area contributed by atoms with Gasteiger partial charge in [-0.25, -0.2) is 4.79 Å². The van der Waals surface area contributed by atoms with E-state index >= 15 is 0 Å². The van der Waals surface area contributed by atoms with Gasteiger partial charge in [-0.3, -0.25) is 24.1 Å². The van der Waals surface area contributed by atoms with Gasteiger partial charge in [-0.05, 0) is 19.1 Å². The molecule has 2 rings (SSSR count). The number of esters is 1. The Kier molecular flexibility index (Phi) is 5.48. The Morgan fingerprint density at radius 2 is 1.96 bits per heavy atom. The fourth-order valence-electron chi connectivity index (χ4n) is 2.16. The van der Waals surface area contributed by atoms with E-state index < -0.39 is 37.0 Å². The summed E-state index contributed by atoms with van der Waals surface area (Å²) in [6, 6.07) is 5.72. The average molecular weight is 347 g/mol. The molecule has 1 fully saturated rings. The quantitative estimate of drug-likeness (QED) is 0.449. The summed E-state index contributed by atoms with van der Waals surface area (Å²) in [4.78, 5) is 59.9. The van der Waals surface area contributed by atoms with Gasteiger partial charge in [-0.2, -0.15) is 0 Å². The number of imide groups is 1. The summed E-state index contributed by atoms with van der Waals surface area (Å²) in [5.74, 6) is -2.13. The molecule has 1 N–H and O–H groups in total. The van der Waals surface area contributed by atoms with E-state index in [-0.39, 0.29) is 12.3 Å². The van der Waals surface area contributed by atoms with E-state index in [0.717, 1.165) is 4.90 Å². The molecule has 1 aromatic carbocycles.